The van der Waals surface area contributed by atoms with Gasteiger partial charge >= 0.3 is 12.0 Å². The summed E-state index contributed by atoms with van der Waals surface area (Å²) in [7, 11) is 0. The molecule has 3 amide bonds. The van der Waals surface area contributed by atoms with E-state index in [2.05, 4.69) is 20.8 Å². The van der Waals surface area contributed by atoms with Gasteiger partial charge in [0.1, 0.15) is 12.2 Å². The second-order valence-electron chi connectivity index (χ2n) is 8.08. The first kappa shape index (κ1) is 23.2. The number of rotatable bonds is 7. The fourth-order valence-electron chi connectivity index (χ4n) is 3.24. The minimum atomic E-state index is -0.528. The molecule has 1 heterocycles. The van der Waals surface area contributed by atoms with Crippen LogP contribution in [-0.4, -0.2) is 50.6 Å². The van der Waals surface area contributed by atoms with Crippen molar-refractivity contribution in [2.24, 2.45) is 0 Å². The highest BCUT2D eigenvalue weighted by Crippen LogP contribution is 2.32. The summed E-state index contributed by atoms with van der Waals surface area (Å²) in [5.41, 5.74) is -0.430. The average molecular weight is 426 g/mol. The molecular weight excluding hydrogens is 394 g/mol. The number of hydrogen-bond donors (Lipinski definition) is 2. The van der Waals surface area contributed by atoms with Crippen molar-refractivity contribution >= 4 is 29.7 Å². The smallest absolute Gasteiger partial charge is 0.321 e. The van der Waals surface area contributed by atoms with E-state index in [0.717, 1.165) is 25.7 Å². The van der Waals surface area contributed by atoms with E-state index in [0.29, 0.717) is 17.6 Å². The second-order valence-corrected chi connectivity index (χ2v) is 9.03. The number of nitrogens with one attached hydrogen (secondary N) is 2. The number of carbonyl (C=O) groups is 3. The van der Waals surface area contributed by atoms with Crippen molar-refractivity contribution in [1.82, 2.24) is 25.4 Å². The van der Waals surface area contributed by atoms with Gasteiger partial charge in [-0.1, -0.05) is 31.0 Å². The number of amides is 3. The van der Waals surface area contributed by atoms with Gasteiger partial charge in [0.05, 0.1) is 12.4 Å². The van der Waals surface area contributed by atoms with E-state index in [-0.39, 0.29) is 24.2 Å². The van der Waals surface area contributed by atoms with E-state index in [9.17, 15) is 14.4 Å². The van der Waals surface area contributed by atoms with Crippen LogP contribution < -0.4 is 10.6 Å². The maximum Gasteiger partial charge on any atom is 0.321 e. The number of ether oxygens (including phenoxy) is 1. The third kappa shape index (κ3) is 7.68. The van der Waals surface area contributed by atoms with Gasteiger partial charge in [0.25, 0.3) is 0 Å². The van der Waals surface area contributed by atoms with Gasteiger partial charge in [-0.05, 0) is 40.5 Å². The van der Waals surface area contributed by atoms with Gasteiger partial charge < -0.3 is 14.6 Å². The molecule has 2 N–H and O–H groups in total. The van der Waals surface area contributed by atoms with Crippen LogP contribution in [0.4, 0.5) is 4.79 Å². The predicted octanol–water partition coefficient (Wildman–Crippen LogP) is 2.61. The highest BCUT2D eigenvalue weighted by Gasteiger charge is 2.25. The fourth-order valence-corrected chi connectivity index (χ4v) is 4.06. The Morgan fingerprint density at radius 3 is 2.48 bits per heavy atom. The minimum Gasteiger partial charge on any atom is -0.466 e. The van der Waals surface area contributed by atoms with Crippen molar-refractivity contribution in [2.75, 3.05) is 12.4 Å². The molecular formula is C19H31N5O4S. The first-order valence-corrected chi connectivity index (χ1v) is 11.0. The topological polar surface area (TPSA) is 115 Å². The number of aromatic nitrogens is 3. The molecule has 0 unspecified atom stereocenters. The molecule has 29 heavy (non-hydrogen) atoms. The highest BCUT2D eigenvalue weighted by molar-refractivity contribution is 7.99. The SMILES string of the molecule is CCOC(=O)Cc1nnc(SCC(=O)NC(=O)NC(C)(C)C)n1C1CCCCC1. The standard InChI is InChI=1S/C19H31N5O4S/c1-5-28-16(26)11-14-22-23-18(24(14)13-9-7-6-8-10-13)29-12-15(25)20-17(27)21-19(2,3)4/h13H,5-12H2,1-4H3,(H2,20,21,25,27). The molecule has 1 fully saturated rings. The summed E-state index contributed by atoms with van der Waals surface area (Å²) >= 11 is 1.22. The second kappa shape index (κ2) is 10.6. The number of esters is 1. The lowest BCUT2D eigenvalue weighted by Gasteiger charge is -2.25. The van der Waals surface area contributed by atoms with E-state index >= 15 is 0 Å². The van der Waals surface area contributed by atoms with Crippen LogP contribution in [0.2, 0.25) is 0 Å². The van der Waals surface area contributed by atoms with Gasteiger partial charge in [0.15, 0.2) is 5.16 Å². The first-order chi connectivity index (χ1) is 13.7. The van der Waals surface area contributed by atoms with Crippen LogP contribution in [0, 0.1) is 0 Å². The maximum atomic E-state index is 12.1. The summed E-state index contributed by atoms with van der Waals surface area (Å²) in [6.45, 7) is 7.59. The number of imide groups is 1. The maximum absolute atomic E-state index is 12.1. The molecule has 1 aromatic rings. The normalized spacial score (nSPS) is 15.0. The van der Waals surface area contributed by atoms with Crippen molar-refractivity contribution in [2.45, 2.75) is 83.0 Å². The average Bonchev–Trinajstić information content (AvgIpc) is 3.01. The molecule has 9 nitrogen and oxygen atoms in total. The van der Waals surface area contributed by atoms with Crippen molar-refractivity contribution in [3.05, 3.63) is 5.82 Å². The van der Waals surface area contributed by atoms with Gasteiger partial charge in [0, 0.05) is 11.6 Å². The molecule has 1 aliphatic carbocycles. The Morgan fingerprint density at radius 1 is 1.17 bits per heavy atom. The Labute approximate surface area is 175 Å². The van der Waals surface area contributed by atoms with Crippen LogP contribution in [0.1, 0.15) is 71.7 Å². The van der Waals surface area contributed by atoms with Crippen LogP contribution in [-0.2, 0) is 20.7 Å². The van der Waals surface area contributed by atoms with E-state index in [1.807, 2.05) is 25.3 Å². The van der Waals surface area contributed by atoms with E-state index in [1.165, 1.54) is 18.2 Å². The first-order valence-electron chi connectivity index (χ1n) is 10.0. The fraction of sp³-hybridized carbons (Fsp3) is 0.737. The van der Waals surface area contributed by atoms with Gasteiger partial charge in [-0.25, -0.2) is 4.79 Å². The van der Waals surface area contributed by atoms with Gasteiger partial charge in [-0.2, -0.15) is 0 Å². The lowest BCUT2D eigenvalue weighted by Crippen LogP contribution is -2.48. The van der Waals surface area contributed by atoms with E-state index in [1.54, 1.807) is 6.92 Å². The summed E-state index contributed by atoms with van der Waals surface area (Å²) in [5, 5.41) is 14.0. The summed E-state index contributed by atoms with van der Waals surface area (Å²) in [4.78, 5) is 35.9. The lowest BCUT2D eigenvalue weighted by molar-refractivity contribution is -0.142. The molecule has 1 aliphatic rings. The zero-order valence-electron chi connectivity index (χ0n) is 17.6. The Kier molecular flexibility index (Phi) is 8.48. The molecule has 2 rings (SSSR count). The van der Waals surface area contributed by atoms with Crippen molar-refractivity contribution in [1.29, 1.82) is 0 Å². The summed E-state index contributed by atoms with van der Waals surface area (Å²) in [5.74, 6) is -0.169. The highest BCUT2D eigenvalue weighted by atomic mass is 32.2. The largest absolute Gasteiger partial charge is 0.466 e. The van der Waals surface area contributed by atoms with Gasteiger partial charge in [-0.15, -0.1) is 10.2 Å². The van der Waals surface area contributed by atoms with Crippen molar-refractivity contribution < 1.29 is 19.1 Å². The van der Waals surface area contributed by atoms with Crippen molar-refractivity contribution in [3.8, 4) is 0 Å². The van der Waals surface area contributed by atoms with Gasteiger partial charge in [0.2, 0.25) is 5.91 Å². The van der Waals surface area contributed by atoms with Crippen LogP contribution in [0.25, 0.3) is 0 Å². The number of carbonyl (C=O) groups excluding carboxylic acids is 3. The third-order valence-electron chi connectivity index (χ3n) is 4.36. The van der Waals surface area contributed by atoms with Crippen LogP contribution >= 0.6 is 11.8 Å². The molecule has 1 saturated carbocycles. The number of urea groups is 1. The molecule has 10 heteroatoms. The van der Waals surface area contributed by atoms with Crippen LogP contribution in [0.15, 0.2) is 5.16 Å². The lowest BCUT2D eigenvalue weighted by atomic mass is 9.95. The minimum absolute atomic E-state index is 0.0296. The number of thioether (sulfide) groups is 1. The van der Waals surface area contributed by atoms with Gasteiger partial charge in [-0.3, -0.25) is 14.9 Å². The summed E-state index contributed by atoms with van der Waals surface area (Å²) in [6.07, 6.45) is 5.44. The zero-order valence-corrected chi connectivity index (χ0v) is 18.4. The quantitative estimate of drug-likeness (QED) is 0.509. The van der Waals surface area contributed by atoms with E-state index < -0.39 is 17.5 Å². The van der Waals surface area contributed by atoms with E-state index in [4.69, 9.17) is 4.74 Å². The molecule has 162 valence electrons. The Balaban J connectivity index is 2.05. The molecule has 0 radical (unpaired) electrons. The Bertz CT molecular complexity index is 723. The number of nitrogens with zero attached hydrogens (tertiary/aromatic N) is 3. The summed E-state index contributed by atoms with van der Waals surface area (Å²) < 4.78 is 7.02. The van der Waals surface area contributed by atoms with Crippen LogP contribution in [0.3, 0.4) is 0 Å². The van der Waals surface area contributed by atoms with Crippen LogP contribution in [0.5, 0.6) is 0 Å². The summed E-state index contributed by atoms with van der Waals surface area (Å²) in [6, 6.07) is -0.322. The number of hydrogen-bond acceptors (Lipinski definition) is 7. The molecule has 0 spiro atoms. The Morgan fingerprint density at radius 2 is 1.86 bits per heavy atom. The third-order valence-corrected chi connectivity index (χ3v) is 5.30. The van der Waals surface area contributed by atoms with Crippen molar-refractivity contribution in [3.63, 3.8) is 0 Å². The molecule has 0 atom stereocenters. The molecule has 1 aromatic heterocycles. The monoisotopic (exact) mass is 425 g/mol. The molecule has 0 bridgehead atoms. The Hall–Kier alpha value is -2.10. The molecule has 0 saturated heterocycles. The predicted molar refractivity (Wildman–Crippen MR) is 110 cm³/mol. The molecule has 0 aliphatic heterocycles. The zero-order chi connectivity index (χ0) is 21.4. The molecule has 0 aromatic carbocycles.